The summed E-state index contributed by atoms with van der Waals surface area (Å²) in [7, 11) is 3.73. The maximum atomic E-state index is 3.46. The van der Waals surface area contributed by atoms with Crippen LogP contribution in [0.2, 0.25) is 0 Å². The van der Waals surface area contributed by atoms with Crippen LogP contribution in [0.4, 0.5) is 0 Å². The molecule has 4 heteroatoms. The van der Waals surface area contributed by atoms with Crippen molar-refractivity contribution in [3.05, 3.63) is 34.3 Å². The van der Waals surface area contributed by atoms with Gasteiger partial charge in [0.1, 0.15) is 4.88 Å². The van der Waals surface area contributed by atoms with Gasteiger partial charge in [-0.3, -0.25) is 0 Å². The van der Waals surface area contributed by atoms with Gasteiger partial charge in [-0.2, -0.15) is 0 Å². The Morgan fingerprint density at radius 3 is 2.47 bits per heavy atom. The summed E-state index contributed by atoms with van der Waals surface area (Å²) in [5, 5.41) is 0. The number of thioether (sulfide) groups is 1. The van der Waals surface area contributed by atoms with Crippen LogP contribution in [-0.2, 0) is 0 Å². The normalized spacial score (nSPS) is 10.6. The van der Waals surface area contributed by atoms with E-state index in [-0.39, 0.29) is 0 Å². The van der Waals surface area contributed by atoms with Crippen molar-refractivity contribution in [1.29, 1.82) is 0 Å². The third-order valence-corrected chi connectivity index (χ3v) is 6.91. The summed E-state index contributed by atoms with van der Waals surface area (Å²) in [5.41, 5.74) is 2.73. The fraction of sp³-hybridized carbons (Fsp3) is 0.182. The van der Waals surface area contributed by atoms with Gasteiger partial charge in [-0.05, 0) is 30.9 Å². The predicted octanol–water partition coefficient (Wildman–Crippen LogP) is 5.55. The Morgan fingerprint density at radius 2 is 1.93 bits per heavy atom. The van der Waals surface area contributed by atoms with Crippen molar-refractivity contribution in [2.75, 3.05) is 6.26 Å². The Morgan fingerprint density at radius 1 is 1.27 bits per heavy atom. The maximum Gasteiger partial charge on any atom is 0.308 e. The highest BCUT2D eigenvalue weighted by atomic mass is 79.9. The zero-order valence-electron chi connectivity index (χ0n) is 8.41. The van der Waals surface area contributed by atoms with Gasteiger partial charge in [0, 0.05) is 10.0 Å². The lowest BCUT2D eigenvalue weighted by Gasteiger charge is -1.96. The first-order chi connectivity index (χ1) is 7.22. The van der Waals surface area contributed by atoms with Crippen LogP contribution in [0.3, 0.4) is 0 Å². The third kappa shape index (κ3) is 2.44. The van der Waals surface area contributed by atoms with Gasteiger partial charge in [-0.1, -0.05) is 39.8 Å². The second-order valence-corrected chi connectivity index (χ2v) is 7.26. The molecule has 0 aliphatic rings. The first-order valence-corrected chi connectivity index (χ1v) is 8.62. The van der Waals surface area contributed by atoms with Crippen molar-refractivity contribution >= 4 is 48.4 Å². The highest BCUT2D eigenvalue weighted by Gasteiger charge is 2.20. The number of hydrogen-bond acceptors (Lipinski definition) is 2. The van der Waals surface area contributed by atoms with Crippen LogP contribution >= 0.6 is 48.4 Å². The molecule has 0 bridgehead atoms. The van der Waals surface area contributed by atoms with Gasteiger partial charge in [-0.25, -0.2) is 0 Å². The zero-order valence-corrected chi connectivity index (χ0v) is 12.4. The predicted molar refractivity (Wildman–Crippen MR) is 76.3 cm³/mol. The lowest BCUT2D eigenvalue weighted by Crippen LogP contribution is -1.76. The Bertz CT molecular complexity index is 459. The van der Waals surface area contributed by atoms with Crippen molar-refractivity contribution in [2.45, 2.75) is 11.1 Å². The number of benzene rings is 1. The molecule has 2 rings (SSSR count). The minimum absolute atomic E-state index is 1.13. The minimum atomic E-state index is 1.13. The van der Waals surface area contributed by atoms with E-state index in [1.54, 1.807) is 0 Å². The van der Waals surface area contributed by atoms with Crippen LogP contribution < -0.4 is 0 Å². The second kappa shape index (κ2) is 4.95. The first kappa shape index (κ1) is 11.6. The molecule has 0 fully saturated rings. The third-order valence-electron chi connectivity index (χ3n) is 2.14. The van der Waals surface area contributed by atoms with Gasteiger partial charge in [0.05, 0.1) is 0 Å². The van der Waals surface area contributed by atoms with Crippen LogP contribution in [0.1, 0.15) is 5.56 Å². The molecule has 0 radical (unpaired) electrons. The zero-order chi connectivity index (χ0) is 10.8. The SMILES string of the molecule is CSc1[s+]sc(-c2ccc(Br)cc2)c1C. The van der Waals surface area contributed by atoms with E-state index in [1.807, 2.05) is 32.4 Å². The molecule has 0 spiro atoms. The first-order valence-electron chi connectivity index (χ1n) is 4.45. The molecule has 15 heavy (non-hydrogen) atoms. The molecule has 1 aromatic carbocycles. The second-order valence-electron chi connectivity index (χ2n) is 3.12. The van der Waals surface area contributed by atoms with Crippen LogP contribution in [0.25, 0.3) is 10.4 Å². The lowest BCUT2D eigenvalue weighted by atomic mass is 10.1. The molecule has 78 valence electrons. The molecular formula is C11H10BrS3+. The quantitative estimate of drug-likeness (QED) is 0.397. The van der Waals surface area contributed by atoms with E-state index in [0.29, 0.717) is 0 Å². The Labute approximate surface area is 110 Å². The highest BCUT2D eigenvalue weighted by Crippen LogP contribution is 2.40. The smallest absolute Gasteiger partial charge is 0.0663 e. The summed E-state index contributed by atoms with van der Waals surface area (Å²) in [5.74, 6) is 0. The van der Waals surface area contributed by atoms with Crippen molar-refractivity contribution < 1.29 is 0 Å². The molecule has 0 aliphatic carbocycles. The van der Waals surface area contributed by atoms with E-state index in [4.69, 9.17) is 0 Å². The molecule has 1 aromatic heterocycles. The van der Waals surface area contributed by atoms with Crippen molar-refractivity contribution in [3.8, 4) is 10.4 Å². The monoisotopic (exact) mass is 317 g/mol. The average Bonchev–Trinajstić information content (AvgIpc) is 2.61. The summed E-state index contributed by atoms with van der Waals surface area (Å²) in [6.07, 6.45) is 2.14. The number of halogens is 1. The van der Waals surface area contributed by atoms with Gasteiger partial charge in [0.25, 0.3) is 4.21 Å². The molecule has 0 atom stereocenters. The van der Waals surface area contributed by atoms with E-state index in [2.05, 4.69) is 53.4 Å². The summed E-state index contributed by atoms with van der Waals surface area (Å²) >= 11 is 5.29. The highest BCUT2D eigenvalue weighted by molar-refractivity contribution is 9.10. The molecule has 0 saturated heterocycles. The van der Waals surface area contributed by atoms with Gasteiger partial charge in [-0.15, -0.1) is 0 Å². The molecule has 0 nitrogen and oxygen atoms in total. The van der Waals surface area contributed by atoms with Crippen molar-refractivity contribution in [3.63, 3.8) is 0 Å². The van der Waals surface area contributed by atoms with Crippen LogP contribution in [0.15, 0.2) is 32.9 Å². The Hall–Kier alpha value is 0.1000. The number of rotatable bonds is 2. The summed E-state index contributed by atoms with van der Waals surface area (Å²) in [4.78, 5) is 1.40. The van der Waals surface area contributed by atoms with Gasteiger partial charge < -0.3 is 0 Å². The van der Waals surface area contributed by atoms with Gasteiger partial charge in [0.2, 0.25) is 0 Å². The molecule has 1 heterocycles. The van der Waals surface area contributed by atoms with Gasteiger partial charge >= 0.3 is 10.3 Å². The average molecular weight is 318 g/mol. The maximum absolute atomic E-state index is 3.46. The van der Waals surface area contributed by atoms with Crippen LogP contribution in [0, 0.1) is 6.92 Å². The molecular weight excluding hydrogens is 308 g/mol. The van der Waals surface area contributed by atoms with Gasteiger partial charge in [0.15, 0.2) is 10.3 Å². The standard InChI is InChI=1S/C11H10BrS3/c1-7-10(14-15-11(7)13-2)8-3-5-9(12)6-4-8/h3-6H,1-2H3/q+1. The topological polar surface area (TPSA) is 0 Å². The Balaban J connectivity index is 2.45. The van der Waals surface area contributed by atoms with Crippen LogP contribution in [0.5, 0.6) is 0 Å². The van der Waals surface area contributed by atoms with E-state index >= 15 is 0 Å². The largest absolute Gasteiger partial charge is 0.308 e. The van der Waals surface area contributed by atoms with E-state index in [9.17, 15) is 0 Å². The summed E-state index contributed by atoms with van der Waals surface area (Å²) in [6, 6.07) is 8.52. The summed E-state index contributed by atoms with van der Waals surface area (Å²) in [6.45, 7) is 2.20. The lowest BCUT2D eigenvalue weighted by molar-refractivity contribution is 1.43. The van der Waals surface area contributed by atoms with Crippen molar-refractivity contribution in [1.82, 2.24) is 0 Å². The molecule has 0 aliphatic heterocycles. The van der Waals surface area contributed by atoms with E-state index in [1.165, 1.54) is 20.2 Å². The molecule has 0 unspecified atom stereocenters. The Kier molecular flexibility index (Phi) is 3.83. The molecule has 0 N–H and O–H groups in total. The fourth-order valence-corrected chi connectivity index (χ4v) is 5.70. The number of hydrogen-bond donors (Lipinski definition) is 0. The molecule has 2 aromatic rings. The van der Waals surface area contributed by atoms with E-state index < -0.39 is 0 Å². The molecule has 0 amide bonds. The fourth-order valence-electron chi connectivity index (χ4n) is 1.35. The molecule has 0 saturated carbocycles. The van der Waals surface area contributed by atoms with Crippen molar-refractivity contribution in [2.24, 2.45) is 0 Å². The van der Waals surface area contributed by atoms with E-state index in [0.717, 1.165) is 4.47 Å². The van der Waals surface area contributed by atoms with Crippen LogP contribution in [-0.4, -0.2) is 6.26 Å². The minimum Gasteiger partial charge on any atom is -0.0663 e. The summed E-state index contributed by atoms with van der Waals surface area (Å²) < 4.78 is 2.56.